The number of allylic oxidation sites excluding steroid dienone is 1. The molecular weight excluding hydrogens is 623 g/mol. The van der Waals surface area contributed by atoms with Crippen LogP contribution in [-0.2, 0) is 27.8 Å². The van der Waals surface area contributed by atoms with E-state index in [1.54, 1.807) is 27.0 Å². The van der Waals surface area contributed by atoms with Gasteiger partial charge in [0, 0.05) is 48.2 Å². The Morgan fingerprint density at radius 1 is 0.979 bits per heavy atom. The number of morpholine rings is 1. The number of nitrogens with zero attached hydrogens (tertiary/aromatic N) is 2. The third-order valence-corrected chi connectivity index (χ3v) is 12.0. The zero-order valence-electron chi connectivity index (χ0n) is 28.1. The maximum Gasteiger partial charge on any atom is 0.264 e. The molecule has 3 aromatic carbocycles. The SMILES string of the molecule is COc1ccc2c(c1)C=C(c1ccccc1CN1CCOCC1)Cn1c-2c(C2CCCCC2)c2ccc(C(=O)NS(=O)(=O)C(C)C)cc21. The van der Waals surface area contributed by atoms with Crippen LogP contribution in [0.1, 0.15) is 84.5 Å². The number of hydrogen-bond acceptors (Lipinski definition) is 6. The van der Waals surface area contributed by atoms with Crippen molar-refractivity contribution in [1.82, 2.24) is 14.2 Å². The molecule has 1 aliphatic carbocycles. The summed E-state index contributed by atoms with van der Waals surface area (Å²) in [6, 6.07) is 20.7. The van der Waals surface area contributed by atoms with Gasteiger partial charge in [0.05, 0.1) is 31.3 Å². The van der Waals surface area contributed by atoms with Gasteiger partial charge in [-0.3, -0.25) is 9.69 Å². The Kier molecular flexibility index (Phi) is 9.20. The number of aromatic nitrogens is 1. The van der Waals surface area contributed by atoms with Crippen LogP contribution in [0.15, 0.2) is 60.7 Å². The molecule has 8 nitrogen and oxygen atoms in total. The molecule has 48 heavy (non-hydrogen) atoms. The lowest BCUT2D eigenvalue weighted by atomic mass is 9.81. The smallest absolute Gasteiger partial charge is 0.264 e. The fraction of sp³-hybridized carbons (Fsp3) is 0.410. The molecule has 7 rings (SSSR count). The number of benzene rings is 3. The summed E-state index contributed by atoms with van der Waals surface area (Å²) in [5.74, 6) is 0.592. The van der Waals surface area contributed by atoms with Crippen LogP contribution in [-0.4, -0.2) is 62.5 Å². The molecule has 4 aromatic rings. The summed E-state index contributed by atoms with van der Waals surface area (Å²) in [7, 11) is -2.08. The van der Waals surface area contributed by atoms with Crippen molar-refractivity contribution in [3.05, 3.63) is 88.5 Å². The lowest BCUT2D eigenvalue weighted by Crippen LogP contribution is -2.35. The molecule has 1 aromatic heterocycles. The molecule has 0 bridgehead atoms. The Hall–Kier alpha value is -3.92. The van der Waals surface area contributed by atoms with Crippen LogP contribution in [0.2, 0.25) is 0 Å². The van der Waals surface area contributed by atoms with E-state index in [4.69, 9.17) is 9.47 Å². The number of nitrogens with one attached hydrogen (secondary N) is 1. The second-order valence-electron chi connectivity index (χ2n) is 13.6. The molecule has 9 heteroatoms. The van der Waals surface area contributed by atoms with Crippen LogP contribution >= 0.6 is 0 Å². The number of rotatable bonds is 8. The number of carbonyl (C=O) groups excluding carboxylic acids is 1. The molecule has 0 spiro atoms. The Bertz CT molecular complexity index is 1980. The molecule has 0 atom stereocenters. The van der Waals surface area contributed by atoms with Gasteiger partial charge in [-0.25, -0.2) is 13.1 Å². The van der Waals surface area contributed by atoms with Crippen molar-refractivity contribution >= 4 is 38.5 Å². The number of amides is 1. The number of carbonyl (C=O) groups is 1. The molecule has 1 N–H and O–H groups in total. The predicted molar refractivity (Wildman–Crippen MR) is 192 cm³/mol. The molecule has 3 aliphatic rings. The van der Waals surface area contributed by atoms with E-state index in [1.807, 2.05) is 18.2 Å². The van der Waals surface area contributed by atoms with Gasteiger partial charge in [0.2, 0.25) is 10.0 Å². The van der Waals surface area contributed by atoms with Gasteiger partial charge in [0.25, 0.3) is 5.91 Å². The first kappa shape index (κ1) is 32.6. The highest BCUT2D eigenvalue weighted by Gasteiger charge is 2.31. The van der Waals surface area contributed by atoms with E-state index in [-0.39, 0.29) is 0 Å². The number of methoxy groups -OCH3 is 1. The standard InChI is InChI=1S/C39H45N3O5S/c1-26(2)48(44,45)40-39(43)28-13-15-35-36(23-28)42-25-31(33-12-8-7-11-29(33)24-41-17-19-47-20-18-41)21-30-22-32(46-3)14-16-34(30)38(42)37(35)27-9-5-4-6-10-27/h7-8,11-16,21-23,26-27H,4-6,9-10,17-20,24-25H2,1-3H3,(H,40,43). The normalized spacial score (nSPS) is 17.5. The van der Waals surface area contributed by atoms with Gasteiger partial charge in [0.1, 0.15) is 5.75 Å². The quantitative estimate of drug-likeness (QED) is 0.214. The Morgan fingerprint density at radius 2 is 1.75 bits per heavy atom. The van der Waals surface area contributed by atoms with Crippen molar-refractivity contribution in [1.29, 1.82) is 0 Å². The van der Waals surface area contributed by atoms with Crippen LogP contribution in [0, 0.1) is 0 Å². The van der Waals surface area contributed by atoms with Crippen molar-refractivity contribution in [3.8, 4) is 17.0 Å². The van der Waals surface area contributed by atoms with E-state index in [0.29, 0.717) is 18.0 Å². The van der Waals surface area contributed by atoms with Gasteiger partial charge in [0.15, 0.2) is 0 Å². The number of ether oxygens (including phenoxy) is 2. The van der Waals surface area contributed by atoms with E-state index < -0.39 is 21.2 Å². The summed E-state index contributed by atoms with van der Waals surface area (Å²) in [5.41, 5.74) is 9.67. The first-order valence-electron chi connectivity index (χ1n) is 17.2. The maximum atomic E-state index is 13.4. The first-order valence-corrected chi connectivity index (χ1v) is 18.8. The zero-order chi connectivity index (χ0) is 33.4. The second kappa shape index (κ2) is 13.5. The Labute approximate surface area is 283 Å². The Morgan fingerprint density at radius 3 is 2.50 bits per heavy atom. The Balaban J connectivity index is 1.43. The highest BCUT2D eigenvalue weighted by atomic mass is 32.2. The average molecular weight is 668 g/mol. The molecule has 2 fully saturated rings. The minimum absolute atomic E-state index is 0.333. The van der Waals surface area contributed by atoms with Gasteiger partial charge in [-0.15, -0.1) is 0 Å². The minimum atomic E-state index is -3.78. The van der Waals surface area contributed by atoms with Gasteiger partial charge in [-0.05, 0) is 96.8 Å². The fourth-order valence-electron chi connectivity index (χ4n) is 7.62. The van der Waals surface area contributed by atoms with Crippen LogP contribution in [0.4, 0.5) is 0 Å². The number of sulfonamides is 1. The average Bonchev–Trinajstić information content (AvgIpc) is 3.31. The largest absolute Gasteiger partial charge is 0.497 e. The number of hydrogen-bond donors (Lipinski definition) is 1. The second-order valence-corrected chi connectivity index (χ2v) is 15.8. The lowest BCUT2D eigenvalue weighted by Gasteiger charge is -2.27. The third-order valence-electron chi connectivity index (χ3n) is 10.3. The molecule has 0 unspecified atom stereocenters. The summed E-state index contributed by atoms with van der Waals surface area (Å²) in [6.07, 6.45) is 8.19. The molecule has 1 amide bonds. The van der Waals surface area contributed by atoms with Crippen molar-refractivity contribution in [2.75, 3.05) is 33.4 Å². The van der Waals surface area contributed by atoms with Crippen LogP contribution in [0.25, 0.3) is 33.8 Å². The zero-order valence-corrected chi connectivity index (χ0v) is 28.9. The summed E-state index contributed by atoms with van der Waals surface area (Å²) < 4.78 is 41.4. The molecule has 0 radical (unpaired) electrons. The minimum Gasteiger partial charge on any atom is -0.497 e. The topological polar surface area (TPSA) is 89.9 Å². The van der Waals surface area contributed by atoms with Crippen molar-refractivity contribution in [2.24, 2.45) is 0 Å². The lowest BCUT2D eigenvalue weighted by molar-refractivity contribution is 0.0341. The highest BCUT2D eigenvalue weighted by molar-refractivity contribution is 7.90. The molecule has 1 saturated carbocycles. The van der Waals surface area contributed by atoms with Gasteiger partial charge in [-0.2, -0.15) is 0 Å². The van der Waals surface area contributed by atoms with E-state index in [9.17, 15) is 13.2 Å². The monoisotopic (exact) mass is 667 g/mol. The van der Waals surface area contributed by atoms with Gasteiger partial charge >= 0.3 is 0 Å². The number of fused-ring (bicyclic) bond motifs is 5. The van der Waals surface area contributed by atoms with E-state index in [2.05, 4.69) is 56.7 Å². The molecule has 1 saturated heterocycles. The van der Waals surface area contributed by atoms with Crippen molar-refractivity contribution in [3.63, 3.8) is 0 Å². The van der Waals surface area contributed by atoms with Crippen molar-refractivity contribution < 1.29 is 22.7 Å². The van der Waals surface area contributed by atoms with Crippen LogP contribution < -0.4 is 9.46 Å². The fourth-order valence-corrected chi connectivity index (χ4v) is 8.24. The van der Waals surface area contributed by atoms with Gasteiger partial charge in [-0.1, -0.05) is 49.6 Å². The summed E-state index contributed by atoms with van der Waals surface area (Å²) in [4.78, 5) is 15.9. The summed E-state index contributed by atoms with van der Waals surface area (Å²) >= 11 is 0. The predicted octanol–water partition coefficient (Wildman–Crippen LogP) is 7.22. The molecule has 3 heterocycles. The van der Waals surface area contributed by atoms with Crippen molar-refractivity contribution in [2.45, 2.75) is 70.2 Å². The summed E-state index contributed by atoms with van der Waals surface area (Å²) in [6.45, 7) is 7.88. The van der Waals surface area contributed by atoms with E-state index in [0.717, 1.165) is 73.5 Å². The third kappa shape index (κ3) is 6.31. The van der Waals surface area contributed by atoms with Crippen LogP contribution in [0.3, 0.4) is 0 Å². The van der Waals surface area contributed by atoms with Gasteiger partial charge < -0.3 is 14.0 Å². The molecule has 2 aliphatic heterocycles. The highest BCUT2D eigenvalue weighted by Crippen LogP contribution is 2.48. The van der Waals surface area contributed by atoms with E-state index >= 15 is 0 Å². The molecular formula is C39H45N3O5S. The first-order chi connectivity index (χ1) is 23.2. The maximum absolute atomic E-state index is 13.4. The van der Waals surface area contributed by atoms with Crippen LogP contribution in [0.5, 0.6) is 5.75 Å². The molecule has 252 valence electrons. The summed E-state index contributed by atoms with van der Waals surface area (Å²) in [5, 5.41) is 0.413. The van der Waals surface area contributed by atoms with E-state index in [1.165, 1.54) is 47.2 Å².